The molecule has 0 radical (unpaired) electrons. The minimum absolute atomic E-state index is 0.0363. The van der Waals surface area contributed by atoms with Gasteiger partial charge in [0.25, 0.3) is 5.56 Å². The summed E-state index contributed by atoms with van der Waals surface area (Å²) in [5.74, 6) is -1.36. The number of aromatic nitrogens is 2. The normalized spacial score (nSPS) is 27.1. The molecule has 2 heterocycles. The van der Waals surface area contributed by atoms with Crippen LogP contribution in [0.5, 0.6) is 0 Å². The van der Waals surface area contributed by atoms with Crippen molar-refractivity contribution in [2.75, 3.05) is 13.7 Å². The molecule has 0 aromatic carbocycles. The van der Waals surface area contributed by atoms with E-state index in [1.54, 1.807) is 6.92 Å². The van der Waals surface area contributed by atoms with Crippen LogP contribution in [0, 0.1) is 6.92 Å². The maximum Gasteiger partial charge on any atom is 0.330 e. The SMILES string of the molecule is CO[C@@]1(CO)O[C@@H](n2cc(C)c(=O)[nH]c2=O)C[C@@H]1O[Si](C)(C)C(C)(C)C. The van der Waals surface area contributed by atoms with E-state index in [4.69, 9.17) is 13.9 Å². The number of rotatable bonds is 5. The van der Waals surface area contributed by atoms with Crippen molar-refractivity contribution in [2.45, 2.75) is 70.4 Å². The van der Waals surface area contributed by atoms with Crippen LogP contribution in [-0.2, 0) is 13.9 Å². The molecular formula is C17H30N2O6Si. The zero-order valence-electron chi connectivity index (χ0n) is 16.6. The second-order valence-corrected chi connectivity index (χ2v) is 13.1. The predicted molar refractivity (Wildman–Crippen MR) is 99.7 cm³/mol. The Balaban J connectivity index is 2.40. The van der Waals surface area contributed by atoms with Gasteiger partial charge in [-0.15, -0.1) is 0 Å². The number of methoxy groups -OCH3 is 1. The van der Waals surface area contributed by atoms with Gasteiger partial charge in [-0.2, -0.15) is 0 Å². The highest BCUT2D eigenvalue weighted by Crippen LogP contribution is 2.44. The first kappa shape index (κ1) is 21.0. The van der Waals surface area contributed by atoms with Gasteiger partial charge in [-0.25, -0.2) is 4.79 Å². The summed E-state index contributed by atoms with van der Waals surface area (Å²) in [6.45, 7) is 11.8. The summed E-state index contributed by atoms with van der Waals surface area (Å²) in [5.41, 5.74) is -0.603. The van der Waals surface area contributed by atoms with E-state index >= 15 is 0 Å². The van der Waals surface area contributed by atoms with E-state index in [0.29, 0.717) is 12.0 Å². The summed E-state index contributed by atoms with van der Waals surface area (Å²) in [6.07, 6.45) is 0.535. The molecule has 3 atom stereocenters. The number of ether oxygens (including phenoxy) is 2. The van der Waals surface area contributed by atoms with Crippen LogP contribution in [-0.4, -0.2) is 48.6 Å². The highest BCUT2D eigenvalue weighted by molar-refractivity contribution is 6.74. The fraction of sp³-hybridized carbons (Fsp3) is 0.765. The molecule has 1 aromatic rings. The molecule has 2 rings (SSSR count). The number of aryl methyl sites for hydroxylation is 1. The monoisotopic (exact) mass is 386 g/mol. The number of aliphatic hydroxyl groups excluding tert-OH is 1. The van der Waals surface area contributed by atoms with Crippen LogP contribution in [0.4, 0.5) is 0 Å². The molecule has 0 saturated carbocycles. The maximum absolute atomic E-state index is 12.2. The van der Waals surface area contributed by atoms with Crippen molar-refractivity contribution >= 4 is 8.32 Å². The van der Waals surface area contributed by atoms with E-state index in [2.05, 4.69) is 38.8 Å². The molecule has 0 bridgehead atoms. The van der Waals surface area contributed by atoms with Gasteiger partial charge < -0.3 is 19.0 Å². The quantitative estimate of drug-likeness (QED) is 0.743. The lowest BCUT2D eigenvalue weighted by atomic mass is 10.1. The second-order valence-electron chi connectivity index (χ2n) is 8.33. The number of hydrogen-bond acceptors (Lipinski definition) is 6. The standard InChI is InChI=1S/C17H30N2O6Si/c1-11-9-19(15(22)18-14(11)21)13-8-12(17(10-20,23-5)24-13)25-26(6,7)16(2,3)4/h9,12-13,20H,8,10H2,1-7H3,(H,18,21,22)/t12-,13+,17-/m0/s1. The van der Waals surface area contributed by atoms with Crippen LogP contribution in [0.3, 0.4) is 0 Å². The fourth-order valence-corrected chi connectivity index (χ4v) is 4.08. The van der Waals surface area contributed by atoms with Crippen LogP contribution < -0.4 is 11.2 Å². The number of aliphatic hydroxyl groups is 1. The summed E-state index contributed by atoms with van der Waals surface area (Å²) in [5, 5.41) is 9.92. The van der Waals surface area contributed by atoms with Gasteiger partial charge in [0.1, 0.15) is 12.3 Å². The molecule has 0 aliphatic carbocycles. The fourth-order valence-electron chi connectivity index (χ4n) is 2.74. The summed E-state index contributed by atoms with van der Waals surface area (Å²) < 4.78 is 19.2. The molecule has 1 fully saturated rings. The van der Waals surface area contributed by atoms with Crippen molar-refractivity contribution < 1.29 is 19.0 Å². The third kappa shape index (κ3) is 3.72. The van der Waals surface area contributed by atoms with Gasteiger partial charge in [-0.1, -0.05) is 20.8 Å². The smallest absolute Gasteiger partial charge is 0.330 e. The largest absolute Gasteiger partial charge is 0.408 e. The van der Waals surface area contributed by atoms with Gasteiger partial charge in [0, 0.05) is 25.3 Å². The molecule has 26 heavy (non-hydrogen) atoms. The van der Waals surface area contributed by atoms with Gasteiger partial charge in [0.2, 0.25) is 5.79 Å². The Morgan fingerprint density at radius 1 is 1.42 bits per heavy atom. The van der Waals surface area contributed by atoms with Crippen LogP contribution >= 0.6 is 0 Å². The van der Waals surface area contributed by atoms with Crippen molar-refractivity contribution in [2.24, 2.45) is 0 Å². The van der Waals surface area contributed by atoms with Crippen molar-refractivity contribution in [1.82, 2.24) is 9.55 Å². The first-order valence-electron chi connectivity index (χ1n) is 8.70. The zero-order valence-corrected chi connectivity index (χ0v) is 17.6. The Bertz CT molecular complexity index is 760. The van der Waals surface area contributed by atoms with Gasteiger partial charge in [-0.05, 0) is 25.1 Å². The van der Waals surface area contributed by atoms with E-state index < -0.39 is 44.3 Å². The number of nitrogens with one attached hydrogen (secondary N) is 1. The molecule has 1 aliphatic rings. The number of hydrogen-bond donors (Lipinski definition) is 2. The molecule has 0 amide bonds. The van der Waals surface area contributed by atoms with E-state index in [9.17, 15) is 14.7 Å². The molecule has 8 nitrogen and oxygen atoms in total. The van der Waals surface area contributed by atoms with Crippen molar-refractivity contribution in [1.29, 1.82) is 0 Å². The van der Waals surface area contributed by atoms with Crippen molar-refractivity contribution in [3.8, 4) is 0 Å². The topological polar surface area (TPSA) is 103 Å². The van der Waals surface area contributed by atoms with Crippen molar-refractivity contribution in [3.05, 3.63) is 32.6 Å². The van der Waals surface area contributed by atoms with Crippen LogP contribution in [0.2, 0.25) is 18.1 Å². The molecule has 1 aromatic heterocycles. The average Bonchev–Trinajstić information content (AvgIpc) is 2.88. The molecule has 9 heteroatoms. The first-order valence-corrected chi connectivity index (χ1v) is 11.6. The summed E-state index contributed by atoms with van der Waals surface area (Å²) in [7, 11) is -0.726. The first-order chi connectivity index (χ1) is 11.9. The Kier molecular flexibility index (Phi) is 5.70. The predicted octanol–water partition coefficient (Wildman–Crippen LogP) is 1.49. The highest BCUT2D eigenvalue weighted by atomic mass is 28.4. The van der Waals surface area contributed by atoms with Gasteiger partial charge >= 0.3 is 5.69 Å². The molecule has 1 saturated heterocycles. The molecule has 0 spiro atoms. The van der Waals surface area contributed by atoms with E-state index in [-0.39, 0.29) is 5.04 Å². The van der Waals surface area contributed by atoms with Gasteiger partial charge in [0.05, 0.1) is 6.61 Å². The van der Waals surface area contributed by atoms with Crippen molar-refractivity contribution in [3.63, 3.8) is 0 Å². The zero-order chi connectivity index (χ0) is 19.9. The Morgan fingerprint density at radius 3 is 2.54 bits per heavy atom. The molecular weight excluding hydrogens is 356 g/mol. The Morgan fingerprint density at radius 2 is 2.04 bits per heavy atom. The summed E-state index contributed by atoms with van der Waals surface area (Å²) in [4.78, 5) is 26.1. The maximum atomic E-state index is 12.2. The third-order valence-electron chi connectivity index (χ3n) is 5.51. The molecule has 1 aliphatic heterocycles. The Labute approximate surface area is 154 Å². The van der Waals surface area contributed by atoms with Gasteiger partial charge in [-0.3, -0.25) is 14.3 Å². The van der Waals surface area contributed by atoms with Crippen LogP contribution in [0.25, 0.3) is 0 Å². The van der Waals surface area contributed by atoms with E-state index in [0.717, 1.165) is 0 Å². The Hall–Kier alpha value is -1.26. The molecule has 0 unspecified atom stereocenters. The number of nitrogens with zero attached hydrogens (tertiary/aromatic N) is 1. The lowest BCUT2D eigenvalue weighted by Crippen LogP contribution is -2.53. The minimum atomic E-state index is -2.17. The lowest BCUT2D eigenvalue weighted by molar-refractivity contribution is -0.267. The third-order valence-corrected chi connectivity index (χ3v) is 9.99. The van der Waals surface area contributed by atoms with Crippen LogP contribution in [0.15, 0.2) is 15.8 Å². The minimum Gasteiger partial charge on any atom is -0.408 e. The van der Waals surface area contributed by atoms with E-state index in [1.807, 2.05) is 0 Å². The summed E-state index contributed by atoms with van der Waals surface area (Å²) in [6, 6.07) is 0. The van der Waals surface area contributed by atoms with Crippen LogP contribution in [0.1, 0.15) is 39.0 Å². The lowest BCUT2D eigenvalue weighted by Gasteiger charge is -2.41. The average molecular weight is 387 g/mol. The highest BCUT2D eigenvalue weighted by Gasteiger charge is 2.54. The molecule has 2 N–H and O–H groups in total. The van der Waals surface area contributed by atoms with E-state index in [1.165, 1.54) is 17.9 Å². The second kappa shape index (κ2) is 7.04. The number of H-pyrrole nitrogens is 1. The molecule has 148 valence electrons. The van der Waals surface area contributed by atoms with Gasteiger partial charge in [0.15, 0.2) is 8.32 Å². The number of aromatic amines is 1. The summed E-state index contributed by atoms with van der Waals surface area (Å²) >= 11 is 0.